The van der Waals surface area contributed by atoms with Crippen molar-refractivity contribution in [2.45, 2.75) is 19.9 Å². The highest BCUT2D eigenvalue weighted by Gasteiger charge is 2.14. The van der Waals surface area contributed by atoms with Crippen LogP contribution < -0.4 is 5.32 Å². The van der Waals surface area contributed by atoms with E-state index in [4.69, 9.17) is 4.74 Å². The summed E-state index contributed by atoms with van der Waals surface area (Å²) in [6, 6.07) is 12.9. The number of rotatable bonds is 6. The highest BCUT2D eigenvalue weighted by molar-refractivity contribution is 5.92. The van der Waals surface area contributed by atoms with Gasteiger partial charge in [-0.2, -0.15) is 0 Å². The molecule has 0 spiro atoms. The Labute approximate surface area is 149 Å². The van der Waals surface area contributed by atoms with E-state index in [9.17, 15) is 14.0 Å². The molecule has 0 saturated heterocycles. The molecular formula is C19H18FN3O3. The number of nitrogens with one attached hydrogen (secondary N) is 1. The van der Waals surface area contributed by atoms with Gasteiger partial charge in [-0.3, -0.25) is 9.59 Å². The van der Waals surface area contributed by atoms with Crippen molar-refractivity contribution in [3.05, 3.63) is 60.2 Å². The lowest BCUT2D eigenvalue weighted by molar-refractivity contribution is -0.147. The highest BCUT2D eigenvalue weighted by Crippen LogP contribution is 2.16. The number of benzene rings is 2. The van der Waals surface area contributed by atoms with E-state index in [1.807, 2.05) is 31.2 Å². The molecule has 1 amide bonds. The van der Waals surface area contributed by atoms with Gasteiger partial charge in [0, 0.05) is 12.1 Å². The number of esters is 1. The molecule has 1 aromatic heterocycles. The Kier molecular flexibility index (Phi) is 5.26. The fourth-order valence-corrected chi connectivity index (χ4v) is 2.62. The number of nitrogens with zero attached hydrogens (tertiary/aromatic N) is 2. The molecule has 1 heterocycles. The molecule has 2 aromatic carbocycles. The van der Waals surface area contributed by atoms with Crippen molar-refractivity contribution in [2.75, 3.05) is 11.9 Å². The summed E-state index contributed by atoms with van der Waals surface area (Å²) in [6.07, 6.45) is 0.674. The van der Waals surface area contributed by atoms with Crippen LogP contribution in [0.3, 0.4) is 0 Å². The first-order chi connectivity index (χ1) is 12.6. The van der Waals surface area contributed by atoms with Crippen LogP contribution in [-0.4, -0.2) is 28.0 Å². The first-order valence-corrected chi connectivity index (χ1v) is 8.22. The van der Waals surface area contributed by atoms with Crippen molar-refractivity contribution in [3.8, 4) is 0 Å². The van der Waals surface area contributed by atoms with Crippen LogP contribution in [0.25, 0.3) is 11.0 Å². The number of fused-ring (bicyclic) bond motifs is 1. The number of anilines is 1. The maximum atomic E-state index is 12.8. The van der Waals surface area contributed by atoms with E-state index in [1.54, 1.807) is 4.57 Å². The maximum Gasteiger partial charge on any atom is 0.326 e. The summed E-state index contributed by atoms with van der Waals surface area (Å²) < 4.78 is 19.7. The lowest BCUT2D eigenvalue weighted by Gasteiger charge is -2.09. The molecule has 1 N–H and O–H groups in total. The minimum absolute atomic E-state index is 0.0203. The summed E-state index contributed by atoms with van der Waals surface area (Å²) in [6.45, 7) is 1.52. The van der Waals surface area contributed by atoms with Gasteiger partial charge in [0.1, 0.15) is 18.2 Å². The van der Waals surface area contributed by atoms with Gasteiger partial charge in [0.15, 0.2) is 6.61 Å². The molecule has 0 fully saturated rings. The van der Waals surface area contributed by atoms with Gasteiger partial charge in [-0.05, 0) is 36.4 Å². The number of aryl methyl sites for hydroxylation is 1. The molecule has 134 valence electrons. The number of carbonyl (C=O) groups is 2. The van der Waals surface area contributed by atoms with Crippen LogP contribution in [0, 0.1) is 5.82 Å². The Morgan fingerprint density at radius 3 is 2.62 bits per heavy atom. The SMILES string of the molecule is CCc1nc2ccccc2n1CC(=O)OCC(=O)Nc1ccc(F)cc1. The summed E-state index contributed by atoms with van der Waals surface area (Å²) in [7, 11) is 0. The lowest BCUT2D eigenvalue weighted by atomic mass is 10.3. The quantitative estimate of drug-likeness (QED) is 0.690. The average molecular weight is 355 g/mol. The number of imidazole rings is 1. The monoisotopic (exact) mass is 355 g/mol. The van der Waals surface area contributed by atoms with E-state index in [2.05, 4.69) is 10.3 Å². The van der Waals surface area contributed by atoms with Gasteiger partial charge in [0.05, 0.1) is 11.0 Å². The number of amides is 1. The summed E-state index contributed by atoms with van der Waals surface area (Å²) in [5.74, 6) is -0.638. The molecule has 0 atom stereocenters. The Bertz CT molecular complexity index is 935. The van der Waals surface area contributed by atoms with Crippen molar-refractivity contribution in [2.24, 2.45) is 0 Å². The van der Waals surface area contributed by atoms with Crippen molar-refractivity contribution in [1.29, 1.82) is 0 Å². The van der Waals surface area contributed by atoms with E-state index in [-0.39, 0.29) is 6.54 Å². The van der Waals surface area contributed by atoms with Crippen molar-refractivity contribution in [3.63, 3.8) is 0 Å². The van der Waals surface area contributed by atoms with E-state index >= 15 is 0 Å². The first-order valence-electron chi connectivity index (χ1n) is 8.22. The largest absolute Gasteiger partial charge is 0.454 e. The summed E-state index contributed by atoms with van der Waals surface area (Å²) >= 11 is 0. The van der Waals surface area contributed by atoms with Gasteiger partial charge >= 0.3 is 5.97 Å². The predicted octanol–water partition coefficient (Wildman–Crippen LogP) is 2.92. The van der Waals surface area contributed by atoms with E-state index in [0.29, 0.717) is 12.1 Å². The lowest BCUT2D eigenvalue weighted by Crippen LogP contribution is -2.23. The maximum absolute atomic E-state index is 12.8. The third-order valence-electron chi connectivity index (χ3n) is 3.83. The van der Waals surface area contributed by atoms with E-state index in [0.717, 1.165) is 16.9 Å². The van der Waals surface area contributed by atoms with E-state index in [1.165, 1.54) is 24.3 Å². The zero-order chi connectivity index (χ0) is 18.5. The van der Waals surface area contributed by atoms with Crippen LogP contribution in [0.1, 0.15) is 12.7 Å². The van der Waals surface area contributed by atoms with Crippen molar-refractivity contribution in [1.82, 2.24) is 9.55 Å². The fourth-order valence-electron chi connectivity index (χ4n) is 2.62. The van der Waals surface area contributed by atoms with Gasteiger partial charge in [-0.25, -0.2) is 9.37 Å². The second-order valence-electron chi connectivity index (χ2n) is 5.67. The van der Waals surface area contributed by atoms with Crippen LogP contribution in [0.15, 0.2) is 48.5 Å². The number of carbonyl (C=O) groups excluding carboxylic acids is 2. The third-order valence-corrected chi connectivity index (χ3v) is 3.83. The Morgan fingerprint density at radius 2 is 1.88 bits per heavy atom. The second kappa shape index (κ2) is 7.77. The van der Waals surface area contributed by atoms with Crippen molar-refractivity contribution < 1.29 is 18.7 Å². The number of halogens is 1. The summed E-state index contributed by atoms with van der Waals surface area (Å²) in [5, 5.41) is 2.53. The second-order valence-corrected chi connectivity index (χ2v) is 5.67. The number of ether oxygens (including phenoxy) is 1. The number of aromatic nitrogens is 2. The average Bonchev–Trinajstić information content (AvgIpc) is 3.00. The summed E-state index contributed by atoms with van der Waals surface area (Å²) in [4.78, 5) is 28.4. The molecule has 0 aliphatic carbocycles. The van der Waals surface area contributed by atoms with Gasteiger partial charge in [-0.1, -0.05) is 19.1 Å². The van der Waals surface area contributed by atoms with Crippen LogP contribution >= 0.6 is 0 Å². The standard InChI is InChI=1S/C19H18FN3O3/c1-2-17-22-15-5-3-4-6-16(15)23(17)11-19(25)26-12-18(24)21-14-9-7-13(20)8-10-14/h3-10H,2,11-12H2,1H3,(H,21,24). The van der Waals surface area contributed by atoms with Crippen molar-refractivity contribution >= 4 is 28.6 Å². The Hall–Kier alpha value is -3.22. The molecule has 3 aromatic rings. The summed E-state index contributed by atoms with van der Waals surface area (Å²) in [5.41, 5.74) is 2.09. The Morgan fingerprint density at radius 1 is 1.15 bits per heavy atom. The highest BCUT2D eigenvalue weighted by atomic mass is 19.1. The van der Waals surface area contributed by atoms with Crippen LogP contribution in [0.5, 0.6) is 0 Å². The van der Waals surface area contributed by atoms with Gasteiger partial charge in [-0.15, -0.1) is 0 Å². The number of hydrogen-bond acceptors (Lipinski definition) is 4. The smallest absolute Gasteiger partial charge is 0.326 e. The molecule has 0 unspecified atom stereocenters. The molecule has 6 nitrogen and oxygen atoms in total. The van der Waals surface area contributed by atoms with Gasteiger partial charge in [0.2, 0.25) is 0 Å². The van der Waals surface area contributed by atoms with Gasteiger partial charge in [0.25, 0.3) is 5.91 Å². The normalized spacial score (nSPS) is 10.7. The predicted molar refractivity (Wildman–Crippen MR) is 95.1 cm³/mol. The molecule has 3 rings (SSSR count). The van der Waals surface area contributed by atoms with Crippen LogP contribution in [0.4, 0.5) is 10.1 Å². The zero-order valence-corrected chi connectivity index (χ0v) is 14.2. The number of para-hydroxylation sites is 2. The Balaban J connectivity index is 1.59. The minimum atomic E-state index is -0.530. The molecule has 0 saturated carbocycles. The molecular weight excluding hydrogens is 337 g/mol. The molecule has 0 aliphatic rings. The third kappa shape index (κ3) is 4.05. The molecule has 7 heteroatoms. The first kappa shape index (κ1) is 17.6. The molecule has 0 aliphatic heterocycles. The molecule has 26 heavy (non-hydrogen) atoms. The number of hydrogen-bond donors (Lipinski definition) is 1. The van der Waals surface area contributed by atoms with Gasteiger partial charge < -0.3 is 14.6 Å². The topological polar surface area (TPSA) is 73.2 Å². The minimum Gasteiger partial charge on any atom is -0.454 e. The van der Waals surface area contributed by atoms with Crippen LogP contribution in [0.2, 0.25) is 0 Å². The van der Waals surface area contributed by atoms with Crippen LogP contribution in [-0.2, 0) is 27.3 Å². The fraction of sp³-hybridized carbons (Fsp3) is 0.211. The van der Waals surface area contributed by atoms with E-state index < -0.39 is 24.3 Å². The zero-order valence-electron chi connectivity index (χ0n) is 14.2. The molecule has 0 radical (unpaired) electrons. The molecule has 0 bridgehead atoms.